The lowest BCUT2D eigenvalue weighted by Crippen LogP contribution is -2.40. The molecule has 0 aliphatic carbocycles. The van der Waals surface area contributed by atoms with Gasteiger partial charge in [0.1, 0.15) is 11.6 Å². The SMILES string of the molecule is COc1ccccc1N1CC[C@@H](C)N(CC(=O)Nc2cc(Cl)ccc2F)CC1. The highest BCUT2D eigenvalue weighted by Crippen LogP contribution is 2.29. The van der Waals surface area contributed by atoms with Crippen LogP contribution in [-0.4, -0.2) is 50.1 Å². The predicted octanol–water partition coefficient (Wildman–Crippen LogP) is 4.03. The van der Waals surface area contributed by atoms with E-state index in [2.05, 4.69) is 22.0 Å². The number of methoxy groups -OCH3 is 1. The topological polar surface area (TPSA) is 44.8 Å². The van der Waals surface area contributed by atoms with Gasteiger partial charge in [0.05, 0.1) is 25.0 Å². The monoisotopic (exact) mass is 405 g/mol. The molecule has 7 heteroatoms. The molecule has 1 heterocycles. The molecule has 0 spiro atoms. The Balaban J connectivity index is 1.63. The molecule has 0 aromatic heterocycles. The first-order valence-corrected chi connectivity index (χ1v) is 9.72. The summed E-state index contributed by atoms with van der Waals surface area (Å²) in [6.45, 7) is 4.70. The van der Waals surface area contributed by atoms with Crippen LogP contribution >= 0.6 is 11.6 Å². The molecule has 2 aromatic rings. The number of para-hydroxylation sites is 2. The lowest BCUT2D eigenvalue weighted by Gasteiger charge is -2.26. The largest absolute Gasteiger partial charge is 0.495 e. The maximum absolute atomic E-state index is 13.9. The number of anilines is 2. The molecule has 1 amide bonds. The molecule has 5 nitrogen and oxygen atoms in total. The van der Waals surface area contributed by atoms with E-state index in [4.69, 9.17) is 16.3 Å². The molecule has 1 aliphatic rings. The minimum absolute atomic E-state index is 0.107. The Kier molecular flexibility index (Phi) is 6.75. The van der Waals surface area contributed by atoms with Crippen molar-refractivity contribution in [3.63, 3.8) is 0 Å². The summed E-state index contributed by atoms with van der Waals surface area (Å²) in [5, 5.41) is 3.01. The molecule has 1 fully saturated rings. The van der Waals surface area contributed by atoms with Crippen LogP contribution in [0.4, 0.5) is 15.8 Å². The van der Waals surface area contributed by atoms with Crippen LogP contribution in [0, 0.1) is 5.82 Å². The number of carbonyl (C=O) groups excluding carboxylic acids is 1. The summed E-state index contributed by atoms with van der Waals surface area (Å²) in [6.07, 6.45) is 0.914. The molecule has 28 heavy (non-hydrogen) atoms. The number of hydrogen-bond donors (Lipinski definition) is 1. The number of ether oxygens (including phenoxy) is 1. The smallest absolute Gasteiger partial charge is 0.238 e. The third-order valence-electron chi connectivity index (χ3n) is 5.07. The highest BCUT2D eigenvalue weighted by molar-refractivity contribution is 6.30. The second-order valence-corrected chi connectivity index (χ2v) is 7.38. The molecule has 0 saturated carbocycles. The molecule has 1 aliphatic heterocycles. The van der Waals surface area contributed by atoms with Crippen molar-refractivity contribution in [1.82, 2.24) is 4.90 Å². The minimum Gasteiger partial charge on any atom is -0.495 e. The van der Waals surface area contributed by atoms with Crippen molar-refractivity contribution < 1.29 is 13.9 Å². The second kappa shape index (κ2) is 9.26. The summed E-state index contributed by atoms with van der Waals surface area (Å²) in [5.74, 6) is 0.0977. The van der Waals surface area contributed by atoms with Gasteiger partial charge in [-0.1, -0.05) is 23.7 Å². The Labute approximate surface area is 170 Å². The molecule has 150 valence electrons. The van der Waals surface area contributed by atoms with E-state index in [1.165, 1.54) is 18.2 Å². The maximum atomic E-state index is 13.9. The third-order valence-corrected chi connectivity index (χ3v) is 5.31. The average molecular weight is 406 g/mol. The van der Waals surface area contributed by atoms with Crippen LogP contribution in [0.1, 0.15) is 13.3 Å². The van der Waals surface area contributed by atoms with Gasteiger partial charge >= 0.3 is 0 Å². The van der Waals surface area contributed by atoms with Crippen LogP contribution in [0.2, 0.25) is 5.02 Å². The van der Waals surface area contributed by atoms with Crippen LogP contribution < -0.4 is 15.0 Å². The van der Waals surface area contributed by atoms with Gasteiger partial charge in [-0.3, -0.25) is 9.69 Å². The molecule has 1 N–H and O–H groups in total. The van der Waals surface area contributed by atoms with Gasteiger partial charge in [0.15, 0.2) is 0 Å². The number of nitrogens with one attached hydrogen (secondary N) is 1. The van der Waals surface area contributed by atoms with Crippen molar-refractivity contribution in [2.75, 3.05) is 43.5 Å². The van der Waals surface area contributed by atoms with Crippen molar-refractivity contribution in [3.8, 4) is 5.75 Å². The molecule has 1 saturated heterocycles. The van der Waals surface area contributed by atoms with E-state index in [0.29, 0.717) is 5.02 Å². The molecule has 2 aromatic carbocycles. The first kappa shape index (κ1) is 20.4. The number of carbonyl (C=O) groups is 1. The fourth-order valence-electron chi connectivity index (χ4n) is 3.44. The van der Waals surface area contributed by atoms with E-state index in [9.17, 15) is 9.18 Å². The molecule has 0 unspecified atom stereocenters. The normalized spacial score (nSPS) is 17.9. The van der Waals surface area contributed by atoms with Gasteiger partial charge in [-0.25, -0.2) is 4.39 Å². The summed E-state index contributed by atoms with van der Waals surface area (Å²) in [4.78, 5) is 16.9. The number of halogens is 2. The standard InChI is InChI=1S/C21H25ClFN3O2/c1-15-9-10-25(19-5-3-4-6-20(19)28-2)11-12-26(15)14-21(27)24-18-13-16(22)7-8-17(18)23/h3-8,13,15H,9-12,14H2,1-2H3,(H,24,27)/t15-/m1/s1. The predicted molar refractivity (Wildman–Crippen MR) is 111 cm³/mol. The van der Waals surface area contributed by atoms with Crippen molar-refractivity contribution in [2.45, 2.75) is 19.4 Å². The van der Waals surface area contributed by atoms with Crippen molar-refractivity contribution in [2.24, 2.45) is 0 Å². The summed E-state index contributed by atoms with van der Waals surface area (Å²) >= 11 is 5.89. The maximum Gasteiger partial charge on any atom is 0.238 e. The van der Waals surface area contributed by atoms with Crippen molar-refractivity contribution >= 4 is 28.9 Å². The van der Waals surface area contributed by atoms with E-state index in [1.807, 2.05) is 24.3 Å². The van der Waals surface area contributed by atoms with Crippen LogP contribution in [-0.2, 0) is 4.79 Å². The Morgan fingerprint density at radius 1 is 1.25 bits per heavy atom. The molecule has 0 bridgehead atoms. The molecule has 0 radical (unpaired) electrons. The van der Waals surface area contributed by atoms with E-state index < -0.39 is 5.82 Å². The van der Waals surface area contributed by atoms with E-state index in [1.54, 1.807) is 7.11 Å². The number of hydrogen-bond acceptors (Lipinski definition) is 4. The number of benzene rings is 2. The second-order valence-electron chi connectivity index (χ2n) is 6.94. The fourth-order valence-corrected chi connectivity index (χ4v) is 3.61. The molecule has 1 atom stereocenters. The lowest BCUT2D eigenvalue weighted by molar-refractivity contribution is -0.117. The number of amides is 1. The van der Waals surface area contributed by atoms with Gasteiger partial charge < -0.3 is 15.0 Å². The third kappa shape index (κ3) is 4.94. The van der Waals surface area contributed by atoms with Crippen LogP contribution in [0.5, 0.6) is 5.75 Å². The first-order valence-electron chi connectivity index (χ1n) is 9.35. The highest BCUT2D eigenvalue weighted by Gasteiger charge is 2.24. The van der Waals surface area contributed by atoms with Gasteiger partial charge in [0.2, 0.25) is 5.91 Å². The highest BCUT2D eigenvalue weighted by atomic mass is 35.5. The van der Waals surface area contributed by atoms with Gasteiger partial charge in [-0.15, -0.1) is 0 Å². The zero-order chi connectivity index (χ0) is 20.1. The number of nitrogens with zero attached hydrogens (tertiary/aromatic N) is 2. The fraction of sp³-hybridized carbons (Fsp3) is 0.381. The summed E-state index contributed by atoms with van der Waals surface area (Å²) in [5.41, 5.74) is 1.17. The van der Waals surface area contributed by atoms with Gasteiger partial charge in [-0.05, 0) is 43.7 Å². The first-order chi connectivity index (χ1) is 13.5. The van der Waals surface area contributed by atoms with E-state index in [-0.39, 0.29) is 24.2 Å². The zero-order valence-corrected chi connectivity index (χ0v) is 16.9. The Bertz CT molecular complexity index is 833. The molecule has 3 rings (SSSR count). The zero-order valence-electron chi connectivity index (χ0n) is 16.1. The Morgan fingerprint density at radius 3 is 2.82 bits per heavy atom. The Morgan fingerprint density at radius 2 is 2.04 bits per heavy atom. The van der Waals surface area contributed by atoms with Crippen LogP contribution in [0.25, 0.3) is 0 Å². The van der Waals surface area contributed by atoms with Crippen molar-refractivity contribution in [1.29, 1.82) is 0 Å². The summed E-state index contributed by atoms with van der Waals surface area (Å²) < 4.78 is 19.3. The average Bonchev–Trinajstić information content (AvgIpc) is 2.86. The summed E-state index contributed by atoms with van der Waals surface area (Å²) in [7, 11) is 1.67. The quantitative estimate of drug-likeness (QED) is 0.815. The van der Waals surface area contributed by atoms with Crippen LogP contribution in [0.3, 0.4) is 0 Å². The summed E-state index contributed by atoms with van der Waals surface area (Å²) in [6, 6.07) is 12.3. The van der Waals surface area contributed by atoms with Crippen molar-refractivity contribution in [3.05, 3.63) is 53.3 Å². The van der Waals surface area contributed by atoms with E-state index >= 15 is 0 Å². The molecular formula is C21H25ClFN3O2. The van der Waals surface area contributed by atoms with Gasteiger partial charge in [-0.2, -0.15) is 0 Å². The van der Waals surface area contributed by atoms with Crippen LogP contribution in [0.15, 0.2) is 42.5 Å². The van der Waals surface area contributed by atoms with Gasteiger partial charge in [0, 0.05) is 30.7 Å². The lowest BCUT2D eigenvalue weighted by atomic mass is 10.2. The Hall–Kier alpha value is -2.31. The van der Waals surface area contributed by atoms with Gasteiger partial charge in [0.25, 0.3) is 0 Å². The molecular weight excluding hydrogens is 381 g/mol. The van der Waals surface area contributed by atoms with E-state index in [0.717, 1.165) is 37.5 Å². The minimum atomic E-state index is -0.496. The number of rotatable bonds is 5.